The number of aryl methyl sites for hydroxylation is 2. The predicted octanol–water partition coefficient (Wildman–Crippen LogP) is 1.52. The van der Waals surface area contributed by atoms with Crippen LogP contribution in [0, 0.1) is 13.8 Å². The minimum absolute atomic E-state index is 0.0711. The second-order valence-corrected chi connectivity index (χ2v) is 6.61. The van der Waals surface area contributed by atoms with E-state index in [2.05, 4.69) is 5.32 Å². The number of furan rings is 1. The highest BCUT2D eigenvalue weighted by Gasteiger charge is 2.12. The molecule has 0 fully saturated rings. The summed E-state index contributed by atoms with van der Waals surface area (Å²) in [4.78, 5) is 12.0. The van der Waals surface area contributed by atoms with Crippen LogP contribution < -0.4 is 10.5 Å². The molecule has 0 aliphatic heterocycles. The Hall–Kier alpha value is -2.12. The molecule has 0 aliphatic rings. The van der Waals surface area contributed by atoms with Gasteiger partial charge in [-0.3, -0.25) is 4.79 Å². The van der Waals surface area contributed by atoms with Crippen molar-refractivity contribution in [3.05, 3.63) is 53.0 Å². The number of amides is 1. The van der Waals surface area contributed by atoms with E-state index >= 15 is 0 Å². The van der Waals surface area contributed by atoms with Gasteiger partial charge >= 0.3 is 0 Å². The average molecular weight is 322 g/mol. The molecule has 118 valence electrons. The van der Waals surface area contributed by atoms with E-state index in [-0.39, 0.29) is 10.8 Å². The SMILES string of the molecule is Cc1cc(C(=O)NCCc2ccc(S(N)(=O)=O)cc2)oc1C. The first-order valence-corrected chi connectivity index (χ1v) is 8.29. The lowest BCUT2D eigenvalue weighted by molar-refractivity contribution is 0.0925. The molecule has 0 radical (unpaired) electrons. The fourth-order valence-corrected chi connectivity index (χ4v) is 2.45. The van der Waals surface area contributed by atoms with Gasteiger partial charge in [0.2, 0.25) is 10.0 Å². The van der Waals surface area contributed by atoms with Gasteiger partial charge in [0.25, 0.3) is 5.91 Å². The fraction of sp³-hybridized carbons (Fsp3) is 0.267. The van der Waals surface area contributed by atoms with Gasteiger partial charge in [0.15, 0.2) is 5.76 Å². The van der Waals surface area contributed by atoms with Crippen LogP contribution in [0.2, 0.25) is 0 Å². The monoisotopic (exact) mass is 322 g/mol. The first kappa shape index (κ1) is 16.3. The predicted molar refractivity (Wildman–Crippen MR) is 82.0 cm³/mol. The molecule has 0 aliphatic carbocycles. The van der Waals surface area contributed by atoms with Gasteiger partial charge in [-0.2, -0.15) is 0 Å². The third-order valence-corrected chi connectivity index (χ3v) is 4.27. The number of primary sulfonamides is 1. The Bertz CT molecular complexity index is 757. The topological polar surface area (TPSA) is 102 Å². The van der Waals surface area contributed by atoms with E-state index in [1.165, 1.54) is 12.1 Å². The average Bonchev–Trinajstić information content (AvgIpc) is 2.78. The van der Waals surface area contributed by atoms with Crippen molar-refractivity contribution in [3.63, 3.8) is 0 Å². The van der Waals surface area contributed by atoms with Crippen molar-refractivity contribution in [2.24, 2.45) is 5.14 Å². The molecule has 1 aromatic carbocycles. The second kappa shape index (κ2) is 6.33. The van der Waals surface area contributed by atoms with Crippen LogP contribution in [0.1, 0.15) is 27.4 Å². The summed E-state index contributed by atoms with van der Waals surface area (Å²) in [5, 5.41) is 7.79. The Balaban J connectivity index is 1.90. The van der Waals surface area contributed by atoms with Gasteiger partial charge in [-0.05, 0) is 49.6 Å². The first-order chi connectivity index (χ1) is 10.3. The molecule has 22 heavy (non-hydrogen) atoms. The van der Waals surface area contributed by atoms with Crippen LogP contribution in [0.25, 0.3) is 0 Å². The lowest BCUT2D eigenvalue weighted by atomic mass is 10.1. The number of benzene rings is 1. The molecule has 0 atom stereocenters. The zero-order valence-electron chi connectivity index (χ0n) is 12.4. The largest absolute Gasteiger partial charge is 0.456 e. The highest BCUT2D eigenvalue weighted by Crippen LogP contribution is 2.13. The van der Waals surface area contributed by atoms with Gasteiger partial charge in [0.05, 0.1) is 4.90 Å². The number of nitrogens with one attached hydrogen (secondary N) is 1. The van der Waals surface area contributed by atoms with E-state index in [1.807, 2.05) is 6.92 Å². The smallest absolute Gasteiger partial charge is 0.287 e. The van der Waals surface area contributed by atoms with Gasteiger partial charge < -0.3 is 9.73 Å². The maximum absolute atomic E-state index is 11.9. The van der Waals surface area contributed by atoms with Gasteiger partial charge in [0.1, 0.15) is 5.76 Å². The number of sulfonamides is 1. The van der Waals surface area contributed by atoms with Crippen LogP contribution in [-0.2, 0) is 16.4 Å². The molecule has 0 spiro atoms. The zero-order valence-corrected chi connectivity index (χ0v) is 13.2. The molecular weight excluding hydrogens is 304 g/mol. The first-order valence-electron chi connectivity index (χ1n) is 6.74. The van der Waals surface area contributed by atoms with Crippen LogP contribution >= 0.6 is 0 Å². The summed E-state index contributed by atoms with van der Waals surface area (Å²) in [5.74, 6) is 0.751. The van der Waals surface area contributed by atoms with Crippen LogP contribution in [-0.4, -0.2) is 20.9 Å². The summed E-state index contributed by atoms with van der Waals surface area (Å²) in [7, 11) is -3.67. The van der Waals surface area contributed by atoms with Crippen molar-refractivity contribution in [3.8, 4) is 0 Å². The van der Waals surface area contributed by atoms with Gasteiger partial charge in [-0.15, -0.1) is 0 Å². The van der Waals surface area contributed by atoms with Crippen LogP contribution in [0.5, 0.6) is 0 Å². The van der Waals surface area contributed by atoms with Crippen molar-refractivity contribution in [1.29, 1.82) is 0 Å². The molecule has 3 N–H and O–H groups in total. The van der Waals surface area contributed by atoms with Crippen molar-refractivity contribution in [2.45, 2.75) is 25.2 Å². The third kappa shape index (κ3) is 3.96. The molecule has 0 unspecified atom stereocenters. The quantitative estimate of drug-likeness (QED) is 0.871. The number of rotatable bonds is 5. The summed E-state index contributed by atoms with van der Waals surface area (Å²) in [6.07, 6.45) is 0.579. The van der Waals surface area contributed by atoms with Gasteiger partial charge in [-0.25, -0.2) is 13.6 Å². The summed E-state index contributed by atoms with van der Waals surface area (Å²) in [6.45, 7) is 4.11. The van der Waals surface area contributed by atoms with Crippen molar-refractivity contribution >= 4 is 15.9 Å². The van der Waals surface area contributed by atoms with E-state index in [1.54, 1.807) is 25.1 Å². The molecule has 0 bridgehead atoms. The Morgan fingerprint density at radius 1 is 1.23 bits per heavy atom. The lowest BCUT2D eigenvalue weighted by Crippen LogP contribution is -2.25. The number of carbonyl (C=O) groups excluding carboxylic acids is 1. The van der Waals surface area contributed by atoms with E-state index in [4.69, 9.17) is 9.56 Å². The second-order valence-electron chi connectivity index (χ2n) is 5.04. The standard InChI is InChI=1S/C15H18N2O4S/c1-10-9-14(21-11(10)2)15(18)17-8-7-12-3-5-13(6-4-12)22(16,19)20/h3-6,9H,7-8H2,1-2H3,(H,17,18)(H2,16,19,20). The lowest BCUT2D eigenvalue weighted by Gasteiger charge is -2.04. The normalized spacial score (nSPS) is 11.4. The van der Waals surface area contributed by atoms with Crippen LogP contribution in [0.4, 0.5) is 0 Å². The van der Waals surface area contributed by atoms with E-state index in [9.17, 15) is 13.2 Å². The summed E-state index contributed by atoms with van der Waals surface area (Å²) in [5.41, 5.74) is 1.84. The maximum Gasteiger partial charge on any atom is 0.287 e. The molecule has 6 nitrogen and oxygen atoms in total. The van der Waals surface area contributed by atoms with Gasteiger partial charge in [-0.1, -0.05) is 12.1 Å². The molecule has 1 aromatic heterocycles. The minimum Gasteiger partial charge on any atom is -0.456 e. The van der Waals surface area contributed by atoms with E-state index < -0.39 is 10.0 Å². The van der Waals surface area contributed by atoms with Crippen molar-refractivity contribution in [2.75, 3.05) is 6.54 Å². The number of carbonyl (C=O) groups is 1. The van der Waals surface area contributed by atoms with Crippen molar-refractivity contribution in [1.82, 2.24) is 5.32 Å². The summed E-state index contributed by atoms with van der Waals surface area (Å²) in [6, 6.07) is 7.95. The molecule has 1 heterocycles. The Labute approximate surface area is 129 Å². The number of hydrogen-bond acceptors (Lipinski definition) is 4. The molecule has 2 rings (SSSR count). The van der Waals surface area contributed by atoms with E-state index in [0.29, 0.717) is 18.7 Å². The van der Waals surface area contributed by atoms with Gasteiger partial charge in [0, 0.05) is 6.54 Å². The number of hydrogen-bond donors (Lipinski definition) is 2. The minimum atomic E-state index is -3.67. The highest BCUT2D eigenvalue weighted by atomic mass is 32.2. The van der Waals surface area contributed by atoms with E-state index in [0.717, 1.165) is 16.9 Å². The van der Waals surface area contributed by atoms with Crippen LogP contribution in [0.15, 0.2) is 39.6 Å². The zero-order chi connectivity index (χ0) is 16.3. The Morgan fingerprint density at radius 2 is 1.86 bits per heavy atom. The molecule has 0 saturated heterocycles. The molecular formula is C15H18N2O4S. The third-order valence-electron chi connectivity index (χ3n) is 3.34. The molecule has 7 heteroatoms. The fourth-order valence-electron chi connectivity index (χ4n) is 1.94. The Kier molecular flexibility index (Phi) is 4.68. The maximum atomic E-state index is 11.9. The summed E-state index contributed by atoms with van der Waals surface area (Å²) < 4.78 is 27.6. The Morgan fingerprint density at radius 3 is 2.36 bits per heavy atom. The van der Waals surface area contributed by atoms with Crippen LogP contribution in [0.3, 0.4) is 0 Å². The molecule has 1 amide bonds. The summed E-state index contributed by atoms with van der Waals surface area (Å²) >= 11 is 0. The highest BCUT2D eigenvalue weighted by molar-refractivity contribution is 7.89. The number of nitrogens with two attached hydrogens (primary N) is 1. The molecule has 0 saturated carbocycles. The van der Waals surface area contributed by atoms with Crippen molar-refractivity contribution < 1.29 is 17.6 Å². The molecule has 2 aromatic rings.